The minimum atomic E-state index is -0.582. The number of nitrogens with one attached hydrogen (secondary N) is 3. The van der Waals surface area contributed by atoms with Crippen LogP contribution in [0.1, 0.15) is 34.1 Å². The van der Waals surface area contributed by atoms with Crippen LogP contribution in [0.3, 0.4) is 0 Å². The zero-order valence-corrected chi connectivity index (χ0v) is 20.3. The summed E-state index contributed by atoms with van der Waals surface area (Å²) in [6, 6.07) is 3.71. The summed E-state index contributed by atoms with van der Waals surface area (Å²) in [7, 11) is 0. The number of alkyl carbamates (subject to hydrolysis) is 1. The van der Waals surface area contributed by atoms with E-state index in [1.165, 1.54) is 12.1 Å². The number of carbonyl (C=O) groups excluding carboxylic acids is 1. The Kier molecular flexibility index (Phi) is 10.6. The van der Waals surface area contributed by atoms with E-state index in [0.717, 1.165) is 12.5 Å². The third kappa shape index (κ3) is 8.88. The number of halogens is 3. The van der Waals surface area contributed by atoms with E-state index in [0.29, 0.717) is 44.4 Å². The summed E-state index contributed by atoms with van der Waals surface area (Å²) in [5, 5.41) is 9.16. The Morgan fingerprint density at radius 3 is 2.67 bits per heavy atom. The predicted octanol–water partition coefficient (Wildman–Crippen LogP) is 3.24. The summed E-state index contributed by atoms with van der Waals surface area (Å²) in [5.41, 5.74) is -0.137. The summed E-state index contributed by atoms with van der Waals surface area (Å²) < 4.78 is 32.3. The lowest BCUT2D eigenvalue weighted by molar-refractivity contribution is 0.0529. The highest BCUT2D eigenvalue weighted by molar-refractivity contribution is 14.0. The fraction of sp³-hybridized carbons (Fsp3) is 0.600. The summed E-state index contributed by atoms with van der Waals surface area (Å²) in [6.45, 7) is 10.1. The third-order valence-corrected chi connectivity index (χ3v) is 4.17. The van der Waals surface area contributed by atoms with Gasteiger partial charge in [0.2, 0.25) is 0 Å². The summed E-state index contributed by atoms with van der Waals surface area (Å²) >= 11 is 0. The normalized spacial score (nSPS) is 16.7. The molecule has 7 nitrogen and oxygen atoms in total. The highest BCUT2D eigenvalue weighted by Gasteiger charge is 2.25. The number of nitrogens with zero attached hydrogens (tertiary/aromatic N) is 2. The van der Waals surface area contributed by atoms with Crippen LogP contribution in [-0.2, 0) is 4.74 Å². The Hall–Kier alpha value is -1.85. The Balaban J connectivity index is 0.00000450. The molecule has 2 rings (SSSR count). The Morgan fingerprint density at radius 1 is 1.30 bits per heavy atom. The molecule has 0 spiro atoms. The third-order valence-electron chi connectivity index (χ3n) is 4.17. The van der Waals surface area contributed by atoms with Gasteiger partial charge < -0.3 is 25.6 Å². The standard InChI is InChI=1S/C20H31F2N5O2.HI/c1-5-23-18(24-9-10-25-19(28)29-20(2,3)4)26-15-8-11-27(13-15)17-7-6-14(21)12-16(17)22;/h6-7,12,15H,5,8-11,13H2,1-4H3,(H,25,28)(H2,23,24,26);1H. The van der Waals surface area contributed by atoms with Crippen LogP contribution in [0.2, 0.25) is 0 Å². The number of rotatable bonds is 6. The van der Waals surface area contributed by atoms with Gasteiger partial charge in [-0.15, -0.1) is 24.0 Å². The Morgan fingerprint density at radius 2 is 2.03 bits per heavy atom. The van der Waals surface area contributed by atoms with E-state index in [1.54, 1.807) is 20.8 Å². The van der Waals surface area contributed by atoms with Crippen molar-refractivity contribution in [1.29, 1.82) is 0 Å². The molecule has 1 heterocycles. The lowest BCUT2D eigenvalue weighted by Gasteiger charge is -2.21. The van der Waals surface area contributed by atoms with E-state index in [1.807, 2.05) is 11.8 Å². The number of anilines is 1. The number of benzene rings is 1. The minimum Gasteiger partial charge on any atom is -0.444 e. The SMILES string of the molecule is CCNC(=NCCNC(=O)OC(C)(C)C)NC1CCN(c2ccc(F)cc2F)C1.I. The van der Waals surface area contributed by atoms with Gasteiger partial charge in [-0.2, -0.15) is 0 Å². The summed E-state index contributed by atoms with van der Waals surface area (Å²) in [6.07, 6.45) is 0.329. The number of hydrogen-bond donors (Lipinski definition) is 3. The highest BCUT2D eigenvalue weighted by Crippen LogP contribution is 2.24. The van der Waals surface area contributed by atoms with Crippen LogP contribution in [0, 0.1) is 11.6 Å². The van der Waals surface area contributed by atoms with Crippen molar-refractivity contribution in [2.45, 2.75) is 45.8 Å². The molecular weight excluding hydrogens is 507 g/mol. The van der Waals surface area contributed by atoms with Gasteiger partial charge in [0, 0.05) is 38.3 Å². The molecule has 0 saturated carbocycles. The lowest BCUT2D eigenvalue weighted by atomic mass is 10.2. The van der Waals surface area contributed by atoms with Crippen molar-refractivity contribution in [2.75, 3.05) is 37.6 Å². The van der Waals surface area contributed by atoms with Gasteiger partial charge >= 0.3 is 6.09 Å². The smallest absolute Gasteiger partial charge is 0.407 e. The zero-order valence-electron chi connectivity index (χ0n) is 17.9. The number of guanidine groups is 1. The van der Waals surface area contributed by atoms with Crippen molar-refractivity contribution in [3.8, 4) is 0 Å². The average molecular weight is 539 g/mol. The van der Waals surface area contributed by atoms with Gasteiger partial charge in [0.25, 0.3) is 0 Å². The fourth-order valence-corrected chi connectivity index (χ4v) is 2.99. The lowest BCUT2D eigenvalue weighted by Crippen LogP contribution is -2.45. The van der Waals surface area contributed by atoms with Gasteiger partial charge in [-0.25, -0.2) is 13.6 Å². The van der Waals surface area contributed by atoms with Gasteiger partial charge in [0.1, 0.15) is 17.2 Å². The van der Waals surface area contributed by atoms with Gasteiger partial charge in [-0.1, -0.05) is 0 Å². The second-order valence-electron chi connectivity index (χ2n) is 7.86. The minimum absolute atomic E-state index is 0. The number of ether oxygens (including phenoxy) is 1. The molecule has 1 amide bonds. The Bertz CT molecular complexity index is 728. The molecule has 1 fully saturated rings. The first-order valence-electron chi connectivity index (χ1n) is 9.89. The topological polar surface area (TPSA) is 78.0 Å². The first-order valence-corrected chi connectivity index (χ1v) is 9.89. The van der Waals surface area contributed by atoms with Gasteiger partial charge in [-0.05, 0) is 46.2 Å². The second kappa shape index (κ2) is 12.1. The van der Waals surface area contributed by atoms with Gasteiger partial charge in [-0.3, -0.25) is 4.99 Å². The number of hydrogen-bond acceptors (Lipinski definition) is 4. The largest absolute Gasteiger partial charge is 0.444 e. The van der Waals surface area contributed by atoms with Crippen LogP contribution < -0.4 is 20.9 Å². The van der Waals surface area contributed by atoms with Crippen LogP contribution >= 0.6 is 24.0 Å². The van der Waals surface area contributed by atoms with Crippen molar-refractivity contribution < 1.29 is 18.3 Å². The van der Waals surface area contributed by atoms with Crippen molar-refractivity contribution in [3.63, 3.8) is 0 Å². The molecule has 1 aromatic rings. The molecule has 30 heavy (non-hydrogen) atoms. The molecule has 1 atom stereocenters. The second-order valence-corrected chi connectivity index (χ2v) is 7.86. The van der Waals surface area contributed by atoms with E-state index >= 15 is 0 Å². The molecule has 0 aliphatic carbocycles. The maximum Gasteiger partial charge on any atom is 0.407 e. The van der Waals surface area contributed by atoms with Crippen LogP contribution in [0.15, 0.2) is 23.2 Å². The number of amides is 1. The molecule has 1 aromatic carbocycles. The van der Waals surface area contributed by atoms with Crippen LogP contribution in [0.5, 0.6) is 0 Å². The molecule has 3 N–H and O–H groups in total. The quantitative estimate of drug-likeness (QED) is 0.224. The number of carbonyl (C=O) groups is 1. The van der Waals surface area contributed by atoms with Crippen molar-refractivity contribution in [2.24, 2.45) is 4.99 Å². The molecule has 10 heteroatoms. The Labute approximate surface area is 194 Å². The van der Waals surface area contributed by atoms with E-state index < -0.39 is 23.3 Å². The molecule has 1 unspecified atom stereocenters. The number of aliphatic imine (C=N–C) groups is 1. The van der Waals surface area contributed by atoms with E-state index in [2.05, 4.69) is 20.9 Å². The van der Waals surface area contributed by atoms with Crippen molar-refractivity contribution >= 4 is 41.7 Å². The van der Waals surface area contributed by atoms with E-state index in [-0.39, 0.29) is 30.0 Å². The van der Waals surface area contributed by atoms with Gasteiger partial charge in [0.15, 0.2) is 5.96 Å². The first-order chi connectivity index (χ1) is 13.7. The van der Waals surface area contributed by atoms with Crippen LogP contribution in [-0.4, -0.2) is 56.4 Å². The molecule has 170 valence electrons. The van der Waals surface area contributed by atoms with Crippen molar-refractivity contribution in [1.82, 2.24) is 16.0 Å². The monoisotopic (exact) mass is 539 g/mol. The summed E-state index contributed by atoms with van der Waals surface area (Å²) in [4.78, 5) is 18.0. The molecule has 1 aliphatic rings. The predicted molar refractivity (Wildman–Crippen MR) is 126 cm³/mol. The van der Waals surface area contributed by atoms with E-state index in [9.17, 15) is 13.6 Å². The van der Waals surface area contributed by atoms with Crippen LogP contribution in [0.4, 0.5) is 19.3 Å². The van der Waals surface area contributed by atoms with Gasteiger partial charge in [0.05, 0.1) is 12.2 Å². The molecular formula is C20H32F2IN5O2. The summed E-state index contributed by atoms with van der Waals surface area (Å²) in [5.74, 6) is -0.508. The van der Waals surface area contributed by atoms with Crippen LogP contribution in [0.25, 0.3) is 0 Å². The maximum atomic E-state index is 14.0. The molecule has 1 saturated heterocycles. The molecule has 0 radical (unpaired) electrons. The van der Waals surface area contributed by atoms with E-state index in [4.69, 9.17) is 4.74 Å². The van der Waals surface area contributed by atoms with Crippen molar-refractivity contribution in [3.05, 3.63) is 29.8 Å². The zero-order chi connectivity index (χ0) is 21.4. The first kappa shape index (κ1) is 26.2. The molecule has 0 aromatic heterocycles. The maximum absolute atomic E-state index is 14.0. The molecule has 0 bridgehead atoms. The highest BCUT2D eigenvalue weighted by atomic mass is 127. The molecule has 1 aliphatic heterocycles. The fourth-order valence-electron chi connectivity index (χ4n) is 2.99. The average Bonchev–Trinajstić information content (AvgIpc) is 3.05.